The van der Waals surface area contributed by atoms with Gasteiger partial charge in [0.05, 0.1) is 0 Å². The zero-order valence-corrected chi connectivity index (χ0v) is 15.5. The molecule has 2 fully saturated rings. The smallest absolute Gasteiger partial charge is 0.260 e. The van der Waals surface area contributed by atoms with Gasteiger partial charge in [0.1, 0.15) is 5.75 Å². The third-order valence-corrected chi connectivity index (χ3v) is 4.84. The van der Waals surface area contributed by atoms with Crippen LogP contribution in [0.2, 0.25) is 0 Å². The Labute approximate surface area is 155 Å². The number of carbonyl (C=O) groups is 2. The summed E-state index contributed by atoms with van der Waals surface area (Å²) in [6.07, 6.45) is 4.76. The van der Waals surface area contributed by atoms with Gasteiger partial charge in [0.2, 0.25) is 0 Å². The number of Topliss-reactive ketones (excluding diaryl/α,β-unsaturated/α-hetero) is 1. The molecule has 25 heavy (non-hydrogen) atoms. The molecule has 1 amide bonds. The first kappa shape index (κ1) is 19.7. The largest absolute Gasteiger partial charge is 0.484 e. The van der Waals surface area contributed by atoms with E-state index in [0.29, 0.717) is 17.4 Å². The van der Waals surface area contributed by atoms with Crippen molar-refractivity contribution in [2.75, 3.05) is 26.2 Å². The van der Waals surface area contributed by atoms with Gasteiger partial charge in [-0.05, 0) is 57.2 Å². The number of piperidine rings is 1. The number of ketones is 1. The summed E-state index contributed by atoms with van der Waals surface area (Å²) >= 11 is 0. The van der Waals surface area contributed by atoms with Crippen LogP contribution >= 0.6 is 12.4 Å². The Balaban J connectivity index is 0.00000225. The van der Waals surface area contributed by atoms with E-state index in [-0.39, 0.29) is 30.7 Å². The Morgan fingerprint density at radius 3 is 2.56 bits per heavy atom. The highest BCUT2D eigenvalue weighted by Gasteiger charge is 2.26. The van der Waals surface area contributed by atoms with Crippen molar-refractivity contribution in [3.63, 3.8) is 0 Å². The Kier molecular flexibility index (Phi) is 7.26. The molecule has 138 valence electrons. The molecular formula is C19H27ClN2O3. The second kappa shape index (κ2) is 9.20. The molecule has 2 aliphatic rings. The Morgan fingerprint density at radius 1 is 1.20 bits per heavy atom. The first-order valence-electron chi connectivity index (χ1n) is 8.87. The van der Waals surface area contributed by atoms with Gasteiger partial charge >= 0.3 is 0 Å². The van der Waals surface area contributed by atoms with E-state index in [9.17, 15) is 9.59 Å². The van der Waals surface area contributed by atoms with Crippen molar-refractivity contribution < 1.29 is 14.3 Å². The number of amides is 1. The Bertz CT molecular complexity index is 596. The maximum atomic E-state index is 12.3. The standard InChI is InChI=1S/C19H26N2O3.ClH/c1-14(22)16-3-2-4-18(11-16)24-13-19(23)21-9-7-17(8-10-21)20-12-15-5-6-15;/h2-4,11,15,17,20H,5-10,12-13H2,1H3;1H. The zero-order valence-electron chi connectivity index (χ0n) is 14.7. The van der Waals surface area contributed by atoms with Gasteiger partial charge in [-0.1, -0.05) is 12.1 Å². The van der Waals surface area contributed by atoms with Crippen molar-refractivity contribution in [3.8, 4) is 5.75 Å². The summed E-state index contributed by atoms with van der Waals surface area (Å²) in [5.74, 6) is 1.47. The van der Waals surface area contributed by atoms with E-state index in [0.717, 1.165) is 38.4 Å². The lowest BCUT2D eigenvalue weighted by atomic mass is 10.0. The van der Waals surface area contributed by atoms with Crippen molar-refractivity contribution in [2.24, 2.45) is 5.92 Å². The Morgan fingerprint density at radius 2 is 1.92 bits per heavy atom. The van der Waals surface area contributed by atoms with Crippen molar-refractivity contribution >= 4 is 24.1 Å². The lowest BCUT2D eigenvalue weighted by Gasteiger charge is -2.32. The van der Waals surface area contributed by atoms with E-state index < -0.39 is 0 Å². The summed E-state index contributed by atoms with van der Waals surface area (Å²) < 4.78 is 5.57. The van der Waals surface area contributed by atoms with Crippen LogP contribution in [0.1, 0.15) is 43.0 Å². The molecule has 1 aromatic rings. The minimum atomic E-state index is -0.00690. The molecule has 1 saturated heterocycles. The summed E-state index contributed by atoms with van der Waals surface area (Å²) in [5, 5.41) is 3.62. The summed E-state index contributed by atoms with van der Waals surface area (Å²) in [4.78, 5) is 25.5. The van der Waals surface area contributed by atoms with Gasteiger partial charge < -0.3 is 15.0 Å². The number of nitrogens with zero attached hydrogens (tertiary/aromatic N) is 1. The number of ether oxygens (including phenoxy) is 1. The fourth-order valence-electron chi connectivity index (χ4n) is 3.03. The average molecular weight is 367 g/mol. The van der Waals surface area contributed by atoms with Gasteiger partial charge in [-0.3, -0.25) is 9.59 Å². The van der Waals surface area contributed by atoms with Crippen molar-refractivity contribution in [1.29, 1.82) is 0 Å². The van der Waals surface area contributed by atoms with Crippen LogP contribution < -0.4 is 10.1 Å². The molecule has 3 rings (SSSR count). The molecule has 0 aromatic heterocycles. The number of hydrogen-bond donors (Lipinski definition) is 1. The monoisotopic (exact) mass is 366 g/mol. The summed E-state index contributed by atoms with van der Waals surface area (Å²) in [5.41, 5.74) is 0.600. The molecule has 0 unspecified atom stereocenters. The van der Waals surface area contributed by atoms with E-state index in [1.54, 1.807) is 24.3 Å². The van der Waals surface area contributed by atoms with E-state index in [1.165, 1.54) is 19.8 Å². The number of likely N-dealkylation sites (tertiary alicyclic amines) is 1. The van der Waals surface area contributed by atoms with E-state index in [2.05, 4.69) is 5.32 Å². The molecule has 0 bridgehead atoms. The average Bonchev–Trinajstić information content (AvgIpc) is 3.43. The van der Waals surface area contributed by atoms with Crippen LogP contribution in [0, 0.1) is 5.92 Å². The quantitative estimate of drug-likeness (QED) is 0.754. The third kappa shape index (κ3) is 6.01. The molecule has 1 aliphatic heterocycles. The summed E-state index contributed by atoms with van der Waals surface area (Å²) in [7, 11) is 0. The number of carbonyl (C=O) groups excluding carboxylic acids is 2. The molecule has 1 saturated carbocycles. The minimum absolute atomic E-state index is 0. The fraction of sp³-hybridized carbons (Fsp3) is 0.579. The van der Waals surface area contributed by atoms with Crippen LogP contribution in [-0.2, 0) is 4.79 Å². The van der Waals surface area contributed by atoms with Gasteiger partial charge in [-0.15, -0.1) is 12.4 Å². The molecule has 0 spiro atoms. The van der Waals surface area contributed by atoms with Crippen molar-refractivity contribution in [1.82, 2.24) is 10.2 Å². The van der Waals surface area contributed by atoms with Gasteiger partial charge in [0.25, 0.3) is 5.91 Å². The van der Waals surface area contributed by atoms with Gasteiger partial charge in [-0.25, -0.2) is 0 Å². The SMILES string of the molecule is CC(=O)c1cccc(OCC(=O)N2CCC(NCC3CC3)CC2)c1.Cl. The van der Waals surface area contributed by atoms with E-state index >= 15 is 0 Å². The number of halogens is 1. The van der Waals surface area contributed by atoms with Crippen LogP contribution in [-0.4, -0.2) is 48.9 Å². The molecular weight excluding hydrogens is 340 g/mol. The van der Waals surface area contributed by atoms with Crippen molar-refractivity contribution in [2.45, 2.75) is 38.6 Å². The Hall–Kier alpha value is -1.59. The molecule has 1 aliphatic carbocycles. The van der Waals surface area contributed by atoms with Crippen LogP contribution in [0.3, 0.4) is 0 Å². The van der Waals surface area contributed by atoms with Crippen molar-refractivity contribution in [3.05, 3.63) is 29.8 Å². The first-order chi connectivity index (χ1) is 11.6. The van der Waals surface area contributed by atoms with Gasteiger partial charge in [0, 0.05) is 24.7 Å². The molecule has 0 atom stereocenters. The van der Waals surface area contributed by atoms with Gasteiger partial charge in [0.15, 0.2) is 12.4 Å². The van der Waals surface area contributed by atoms with Gasteiger partial charge in [-0.2, -0.15) is 0 Å². The highest BCUT2D eigenvalue weighted by Crippen LogP contribution is 2.28. The maximum absolute atomic E-state index is 12.3. The predicted octanol–water partition coefficient (Wildman–Crippen LogP) is 2.68. The summed E-state index contributed by atoms with van der Waals surface area (Å²) in [6, 6.07) is 7.52. The lowest BCUT2D eigenvalue weighted by Crippen LogP contribution is -2.46. The first-order valence-corrected chi connectivity index (χ1v) is 8.87. The highest BCUT2D eigenvalue weighted by molar-refractivity contribution is 5.94. The van der Waals surface area contributed by atoms with Crippen LogP contribution in [0.15, 0.2) is 24.3 Å². The predicted molar refractivity (Wildman–Crippen MR) is 99.5 cm³/mol. The minimum Gasteiger partial charge on any atom is -0.484 e. The second-order valence-corrected chi connectivity index (χ2v) is 6.88. The fourth-order valence-corrected chi connectivity index (χ4v) is 3.03. The molecule has 1 aromatic carbocycles. The molecule has 1 heterocycles. The maximum Gasteiger partial charge on any atom is 0.260 e. The number of hydrogen-bond acceptors (Lipinski definition) is 4. The normalized spacial score (nSPS) is 17.7. The zero-order chi connectivity index (χ0) is 16.9. The van der Waals surface area contributed by atoms with E-state index in [1.807, 2.05) is 4.90 Å². The topological polar surface area (TPSA) is 58.6 Å². The number of nitrogens with one attached hydrogen (secondary N) is 1. The number of benzene rings is 1. The molecule has 5 nitrogen and oxygen atoms in total. The third-order valence-electron chi connectivity index (χ3n) is 4.84. The highest BCUT2D eigenvalue weighted by atomic mass is 35.5. The van der Waals surface area contributed by atoms with Crippen LogP contribution in [0.25, 0.3) is 0 Å². The van der Waals surface area contributed by atoms with Crippen LogP contribution in [0.5, 0.6) is 5.75 Å². The van der Waals surface area contributed by atoms with E-state index in [4.69, 9.17) is 4.74 Å². The second-order valence-electron chi connectivity index (χ2n) is 6.88. The molecule has 0 radical (unpaired) electrons. The lowest BCUT2D eigenvalue weighted by molar-refractivity contribution is -0.134. The van der Waals surface area contributed by atoms with Crippen LogP contribution in [0.4, 0.5) is 0 Å². The summed E-state index contributed by atoms with van der Waals surface area (Å²) in [6.45, 7) is 4.26. The molecule has 1 N–H and O–H groups in total. The number of rotatable bonds is 7. The molecule has 6 heteroatoms.